The second kappa shape index (κ2) is 8.58. The molecule has 0 radical (unpaired) electrons. The van der Waals surface area contributed by atoms with E-state index in [1.165, 1.54) is 22.2 Å². The SMILES string of the molecule is O=C(Cn1cnc2scc(-c3cccs3)c2c1=O)N1CCN(CC2CCCO2)CC1. The molecule has 3 aromatic heterocycles. The predicted octanol–water partition coefficient (Wildman–Crippen LogP) is 2.51. The van der Waals surface area contributed by atoms with E-state index >= 15 is 0 Å². The van der Waals surface area contributed by atoms with Crippen molar-refractivity contribution in [2.45, 2.75) is 25.5 Å². The predicted molar refractivity (Wildman–Crippen MR) is 119 cm³/mol. The number of ether oxygens (including phenoxy) is 1. The molecule has 2 saturated heterocycles. The molecule has 2 aliphatic rings. The molecular formula is C21H24N4O3S2. The molecule has 0 saturated carbocycles. The smallest absolute Gasteiger partial charge is 0.263 e. The topological polar surface area (TPSA) is 67.7 Å². The number of carbonyl (C=O) groups is 1. The third-order valence-corrected chi connectivity index (χ3v) is 7.65. The summed E-state index contributed by atoms with van der Waals surface area (Å²) < 4.78 is 7.17. The summed E-state index contributed by atoms with van der Waals surface area (Å²) in [5, 5.41) is 4.58. The van der Waals surface area contributed by atoms with E-state index in [1.807, 2.05) is 27.8 Å². The minimum atomic E-state index is -0.144. The quantitative estimate of drug-likeness (QED) is 0.605. The number of amides is 1. The van der Waals surface area contributed by atoms with Crippen molar-refractivity contribution in [2.75, 3.05) is 39.3 Å². The van der Waals surface area contributed by atoms with Crippen LogP contribution >= 0.6 is 22.7 Å². The maximum atomic E-state index is 13.1. The lowest BCUT2D eigenvalue weighted by molar-refractivity contribution is -0.133. The van der Waals surface area contributed by atoms with Gasteiger partial charge in [-0.3, -0.25) is 19.1 Å². The van der Waals surface area contributed by atoms with Crippen molar-refractivity contribution in [1.29, 1.82) is 0 Å². The number of nitrogens with zero attached hydrogens (tertiary/aromatic N) is 4. The molecule has 5 heterocycles. The molecular weight excluding hydrogens is 420 g/mol. The summed E-state index contributed by atoms with van der Waals surface area (Å²) in [7, 11) is 0. The molecule has 0 aromatic carbocycles. The van der Waals surface area contributed by atoms with Crippen LogP contribution in [0, 0.1) is 0 Å². The molecule has 5 rings (SSSR count). The van der Waals surface area contributed by atoms with Crippen LogP contribution in [-0.2, 0) is 16.1 Å². The first-order valence-electron chi connectivity index (χ1n) is 10.3. The average Bonchev–Trinajstić information content (AvgIpc) is 3.52. The third-order valence-electron chi connectivity index (χ3n) is 5.86. The molecule has 9 heteroatoms. The third kappa shape index (κ3) is 3.94. The normalized spacial score (nSPS) is 20.3. The highest BCUT2D eigenvalue weighted by atomic mass is 32.1. The number of aromatic nitrogens is 2. The molecule has 2 fully saturated rings. The van der Waals surface area contributed by atoms with E-state index in [0.717, 1.165) is 54.4 Å². The zero-order valence-corrected chi connectivity index (χ0v) is 18.3. The second-order valence-electron chi connectivity index (χ2n) is 7.80. The summed E-state index contributed by atoms with van der Waals surface area (Å²) in [6, 6.07) is 3.98. The highest BCUT2D eigenvalue weighted by molar-refractivity contribution is 7.18. The van der Waals surface area contributed by atoms with Crippen molar-refractivity contribution in [3.05, 3.63) is 39.6 Å². The minimum absolute atomic E-state index is 0.0251. The van der Waals surface area contributed by atoms with Crippen LogP contribution < -0.4 is 5.56 Å². The lowest BCUT2D eigenvalue weighted by Gasteiger charge is -2.35. The van der Waals surface area contributed by atoms with Gasteiger partial charge in [0.2, 0.25) is 5.91 Å². The van der Waals surface area contributed by atoms with Crippen molar-refractivity contribution in [2.24, 2.45) is 0 Å². The lowest BCUT2D eigenvalue weighted by atomic mass is 10.2. The van der Waals surface area contributed by atoms with Crippen LogP contribution in [0.4, 0.5) is 0 Å². The number of hydrogen-bond donors (Lipinski definition) is 0. The van der Waals surface area contributed by atoms with Gasteiger partial charge in [-0.1, -0.05) is 6.07 Å². The van der Waals surface area contributed by atoms with Crippen LogP contribution in [-0.4, -0.2) is 70.7 Å². The summed E-state index contributed by atoms with van der Waals surface area (Å²) in [6.07, 6.45) is 4.12. The van der Waals surface area contributed by atoms with Crippen molar-refractivity contribution in [3.8, 4) is 10.4 Å². The van der Waals surface area contributed by atoms with Gasteiger partial charge in [0, 0.05) is 55.2 Å². The first-order valence-corrected chi connectivity index (χ1v) is 12.1. The van der Waals surface area contributed by atoms with Gasteiger partial charge >= 0.3 is 0 Å². The van der Waals surface area contributed by atoms with Gasteiger partial charge in [-0.05, 0) is 24.3 Å². The standard InChI is InChI=1S/C21H24N4O3S2/c26-18(24-7-5-23(6-8-24)11-15-3-1-9-28-15)12-25-14-22-20-19(21(25)27)16(13-30-20)17-4-2-10-29-17/h2,4,10,13-15H,1,3,5-9,11-12H2. The van der Waals surface area contributed by atoms with E-state index in [-0.39, 0.29) is 18.0 Å². The molecule has 1 unspecified atom stereocenters. The largest absolute Gasteiger partial charge is 0.377 e. The number of fused-ring (bicyclic) bond motifs is 1. The van der Waals surface area contributed by atoms with Crippen molar-refractivity contribution >= 4 is 38.8 Å². The number of thiophene rings is 2. The fourth-order valence-electron chi connectivity index (χ4n) is 4.20. The molecule has 7 nitrogen and oxygen atoms in total. The van der Waals surface area contributed by atoms with Crippen LogP contribution in [0.5, 0.6) is 0 Å². The van der Waals surface area contributed by atoms with Gasteiger partial charge in [0.25, 0.3) is 5.56 Å². The molecule has 0 spiro atoms. The first kappa shape index (κ1) is 19.9. The fraction of sp³-hybridized carbons (Fsp3) is 0.476. The molecule has 158 valence electrons. The van der Waals surface area contributed by atoms with Gasteiger partial charge in [0.05, 0.1) is 17.8 Å². The van der Waals surface area contributed by atoms with Gasteiger partial charge in [0.15, 0.2) is 0 Å². The average molecular weight is 445 g/mol. The highest BCUT2D eigenvalue weighted by Crippen LogP contribution is 2.33. The number of piperazine rings is 1. The second-order valence-corrected chi connectivity index (χ2v) is 9.61. The Labute approximate surface area is 182 Å². The zero-order valence-electron chi connectivity index (χ0n) is 16.7. The van der Waals surface area contributed by atoms with Crippen LogP contribution in [0.15, 0.2) is 34.0 Å². The maximum absolute atomic E-state index is 13.1. The minimum Gasteiger partial charge on any atom is -0.377 e. The number of hydrogen-bond acceptors (Lipinski definition) is 7. The van der Waals surface area contributed by atoms with E-state index in [1.54, 1.807) is 11.3 Å². The Balaban J connectivity index is 1.27. The fourth-order valence-corrected chi connectivity index (χ4v) is 5.92. The van der Waals surface area contributed by atoms with Gasteiger partial charge in [-0.2, -0.15) is 0 Å². The molecule has 2 aliphatic heterocycles. The van der Waals surface area contributed by atoms with Gasteiger partial charge in [-0.15, -0.1) is 22.7 Å². The highest BCUT2D eigenvalue weighted by Gasteiger charge is 2.25. The van der Waals surface area contributed by atoms with E-state index in [9.17, 15) is 9.59 Å². The Kier molecular flexibility index (Phi) is 5.68. The number of rotatable bonds is 5. The molecule has 0 N–H and O–H groups in total. The Morgan fingerprint density at radius 3 is 2.83 bits per heavy atom. The van der Waals surface area contributed by atoms with Crippen LogP contribution in [0.1, 0.15) is 12.8 Å². The molecule has 1 amide bonds. The molecule has 3 aromatic rings. The van der Waals surface area contributed by atoms with Crippen LogP contribution in [0.25, 0.3) is 20.7 Å². The Morgan fingerprint density at radius 2 is 2.10 bits per heavy atom. The Morgan fingerprint density at radius 1 is 1.23 bits per heavy atom. The Hall–Kier alpha value is -2.07. The molecule has 1 atom stereocenters. The molecule has 30 heavy (non-hydrogen) atoms. The molecule has 0 bridgehead atoms. The van der Waals surface area contributed by atoms with Crippen molar-refractivity contribution in [1.82, 2.24) is 19.4 Å². The summed E-state index contributed by atoms with van der Waals surface area (Å²) >= 11 is 3.07. The lowest BCUT2D eigenvalue weighted by Crippen LogP contribution is -2.51. The van der Waals surface area contributed by atoms with E-state index < -0.39 is 0 Å². The van der Waals surface area contributed by atoms with E-state index in [2.05, 4.69) is 9.88 Å². The van der Waals surface area contributed by atoms with Gasteiger partial charge in [0.1, 0.15) is 11.4 Å². The monoisotopic (exact) mass is 444 g/mol. The molecule has 0 aliphatic carbocycles. The Bertz CT molecular complexity index is 1080. The maximum Gasteiger partial charge on any atom is 0.263 e. The summed E-state index contributed by atoms with van der Waals surface area (Å²) in [4.78, 5) is 36.4. The van der Waals surface area contributed by atoms with Crippen LogP contribution in [0.2, 0.25) is 0 Å². The summed E-state index contributed by atoms with van der Waals surface area (Å²) in [5.41, 5.74) is 0.766. The van der Waals surface area contributed by atoms with Gasteiger partial charge < -0.3 is 9.64 Å². The number of carbonyl (C=O) groups excluding carboxylic acids is 1. The zero-order chi connectivity index (χ0) is 20.5. The van der Waals surface area contributed by atoms with Crippen molar-refractivity contribution < 1.29 is 9.53 Å². The van der Waals surface area contributed by atoms with Crippen molar-refractivity contribution in [3.63, 3.8) is 0 Å². The van der Waals surface area contributed by atoms with Crippen LogP contribution in [0.3, 0.4) is 0 Å². The summed E-state index contributed by atoms with van der Waals surface area (Å²) in [6.45, 7) is 4.94. The first-order chi connectivity index (χ1) is 14.7. The summed E-state index contributed by atoms with van der Waals surface area (Å²) in [5.74, 6) is -0.0251. The van der Waals surface area contributed by atoms with E-state index in [4.69, 9.17) is 4.74 Å². The van der Waals surface area contributed by atoms with Gasteiger partial charge in [-0.25, -0.2) is 4.98 Å². The van der Waals surface area contributed by atoms with E-state index in [0.29, 0.717) is 24.6 Å².